The second-order valence-electron chi connectivity index (χ2n) is 5.16. The van der Waals surface area contributed by atoms with Gasteiger partial charge in [0.1, 0.15) is 5.25 Å². The molecule has 0 aliphatic carbocycles. The molecule has 0 unspecified atom stereocenters. The molecule has 0 spiro atoms. The number of carbonyl (C=O) groups excluding carboxylic acids is 4. The number of aliphatic imine (C=N–C) groups is 1. The Bertz CT molecular complexity index is 758. The summed E-state index contributed by atoms with van der Waals surface area (Å²) in [6.45, 7) is 0. The molecule has 2 amide bonds. The maximum atomic E-state index is 12.5. The van der Waals surface area contributed by atoms with Crippen LogP contribution >= 0.6 is 11.8 Å². The van der Waals surface area contributed by atoms with Crippen LogP contribution in [0.5, 0.6) is 0 Å². The van der Waals surface area contributed by atoms with Crippen LogP contribution in [0.25, 0.3) is 0 Å². The average molecular weight is 379 g/mol. The lowest BCUT2D eigenvalue weighted by Crippen LogP contribution is -2.41. The number of rotatable bonds is 4. The van der Waals surface area contributed by atoms with Gasteiger partial charge in [-0.2, -0.15) is 0 Å². The number of hydrogen-bond acceptors (Lipinski definition) is 8. The number of hydrogen-bond donors (Lipinski definition) is 2. The van der Waals surface area contributed by atoms with Gasteiger partial charge in [-0.05, 0) is 18.2 Å². The minimum atomic E-state index is -0.689. The fourth-order valence-corrected chi connectivity index (χ4v) is 3.14. The predicted octanol–water partition coefficient (Wildman–Crippen LogP) is 0.806. The van der Waals surface area contributed by atoms with E-state index in [1.54, 1.807) is 0 Å². The van der Waals surface area contributed by atoms with Gasteiger partial charge < -0.3 is 20.1 Å². The largest absolute Gasteiger partial charge is 0.465 e. The third-order valence-corrected chi connectivity index (χ3v) is 4.58. The Labute approximate surface area is 153 Å². The molecule has 1 atom stereocenters. The van der Waals surface area contributed by atoms with Crippen molar-refractivity contribution in [1.29, 1.82) is 0 Å². The quantitative estimate of drug-likeness (QED) is 0.742. The van der Waals surface area contributed by atoms with Crippen molar-refractivity contribution in [2.45, 2.75) is 11.7 Å². The van der Waals surface area contributed by atoms with Crippen LogP contribution in [0.3, 0.4) is 0 Å². The maximum Gasteiger partial charge on any atom is 0.337 e. The van der Waals surface area contributed by atoms with Gasteiger partial charge in [-0.3, -0.25) is 14.6 Å². The summed E-state index contributed by atoms with van der Waals surface area (Å²) in [7, 11) is 3.91. The Balaban J connectivity index is 2.27. The molecule has 1 aromatic carbocycles. The zero-order chi connectivity index (χ0) is 19.3. The minimum Gasteiger partial charge on any atom is -0.465 e. The van der Waals surface area contributed by atoms with Gasteiger partial charge in [0.15, 0.2) is 5.17 Å². The van der Waals surface area contributed by atoms with Crippen molar-refractivity contribution in [3.8, 4) is 0 Å². The number of thioether (sulfide) groups is 1. The summed E-state index contributed by atoms with van der Waals surface area (Å²) < 4.78 is 9.29. The van der Waals surface area contributed by atoms with E-state index in [1.807, 2.05) is 0 Å². The summed E-state index contributed by atoms with van der Waals surface area (Å²) in [4.78, 5) is 51.6. The Morgan fingerprint density at radius 3 is 2.23 bits per heavy atom. The van der Waals surface area contributed by atoms with Crippen molar-refractivity contribution in [2.75, 3.05) is 26.6 Å². The highest BCUT2D eigenvalue weighted by molar-refractivity contribution is 8.15. The van der Waals surface area contributed by atoms with Crippen LogP contribution in [0.1, 0.15) is 27.1 Å². The lowest BCUT2D eigenvalue weighted by atomic mass is 10.1. The number of benzene rings is 1. The summed E-state index contributed by atoms with van der Waals surface area (Å²) in [6, 6.07) is 4.05. The zero-order valence-corrected chi connectivity index (χ0v) is 15.1. The van der Waals surface area contributed by atoms with Crippen molar-refractivity contribution in [1.82, 2.24) is 5.32 Å². The van der Waals surface area contributed by atoms with Gasteiger partial charge in [0, 0.05) is 19.2 Å². The smallest absolute Gasteiger partial charge is 0.337 e. The molecule has 0 bridgehead atoms. The minimum absolute atomic E-state index is 0.0178. The van der Waals surface area contributed by atoms with Gasteiger partial charge in [0.25, 0.3) is 0 Å². The number of nitrogens with zero attached hydrogens (tertiary/aromatic N) is 1. The van der Waals surface area contributed by atoms with Gasteiger partial charge in [-0.25, -0.2) is 9.59 Å². The molecule has 2 N–H and O–H groups in total. The van der Waals surface area contributed by atoms with Crippen LogP contribution in [0.2, 0.25) is 0 Å². The normalized spacial score (nSPS) is 18.0. The maximum absolute atomic E-state index is 12.5. The predicted molar refractivity (Wildman–Crippen MR) is 95.2 cm³/mol. The van der Waals surface area contributed by atoms with Crippen LogP contribution in [-0.4, -0.2) is 55.4 Å². The second kappa shape index (κ2) is 8.48. The first kappa shape index (κ1) is 19.4. The van der Waals surface area contributed by atoms with Crippen molar-refractivity contribution < 1.29 is 28.7 Å². The van der Waals surface area contributed by atoms with Crippen molar-refractivity contribution in [3.63, 3.8) is 0 Å². The highest BCUT2D eigenvalue weighted by Crippen LogP contribution is 2.23. The fraction of sp³-hybridized carbons (Fsp3) is 0.312. The first-order valence-electron chi connectivity index (χ1n) is 7.43. The first-order valence-corrected chi connectivity index (χ1v) is 8.31. The first-order chi connectivity index (χ1) is 12.4. The molecule has 0 aromatic heterocycles. The molecule has 1 heterocycles. The summed E-state index contributed by atoms with van der Waals surface area (Å²) in [5.74, 6) is -2.11. The van der Waals surface area contributed by atoms with Crippen LogP contribution in [0.4, 0.5) is 5.69 Å². The molecule has 0 saturated carbocycles. The van der Waals surface area contributed by atoms with Crippen molar-refractivity contribution >= 4 is 46.4 Å². The van der Waals surface area contributed by atoms with Gasteiger partial charge in [0.05, 0.1) is 25.3 Å². The molecule has 26 heavy (non-hydrogen) atoms. The van der Waals surface area contributed by atoms with Crippen LogP contribution < -0.4 is 10.6 Å². The van der Waals surface area contributed by atoms with E-state index < -0.39 is 23.1 Å². The van der Waals surface area contributed by atoms with Crippen LogP contribution in [0.15, 0.2) is 23.2 Å². The number of methoxy groups -OCH3 is 2. The Hall–Kier alpha value is -2.88. The number of esters is 2. The molecular weight excluding hydrogens is 362 g/mol. The Morgan fingerprint density at radius 1 is 1.15 bits per heavy atom. The highest BCUT2D eigenvalue weighted by Gasteiger charge is 2.30. The van der Waals surface area contributed by atoms with E-state index >= 15 is 0 Å². The summed E-state index contributed by atoms with van der Waals surface area (Å²) in [6.07, 6.45) is -0.0178. The summed E-state index contributed by atoms with van der Waals surface area (Å²) in [5.41, 5.74) is 0.367. The topological polar surface area (TPSA) is 123 Å². The lowest BCUT2D eigenvalue weighted by Gasteiger charge is -2.22. The van der Waals surface area contributed by atoms with Gasteiger partial charge in [-0.1, -0.05) is 11.8 Å². The molecule has 1 saturated heterocycles. The number of amides is 2. The van der Waals surface area contributed by atoms with E-state index in [0.717, 1.165) is 11.8 Å². The lowest BCUT2D eigenvalue weighted by molar-refractivity contribution is -0.123. The van der Waals surface area contributed by atoms with Crippen molar-refractivity contribution in [2.24, 2.45) is 4.99 Å². The van der Waals surface area contributed by atoms with Crippen LogP contribution in [0, 0.1) is 0 Å². The van der Waals surface area contributed by atoms with Gasteiger partial charge >= 0.3 is 11.9 Å². The average Bonchev–Trinajstić information content (AvgIpc) is 2.65. The molecule has 1 fully saturated rings. The fourth-order valence-electron chi connectivity index (χ4n) is 2.19. The molecule has 0 radical (unpaired) electrons. The van der Waals surface area contributed by atoms with Crippen LogP contribution in [-0.2, 0) is 19.1 Å². The molecule has 1 aromatic rings. The highest BCUT2D eigenvalue weighted by atomic mass is 32.2. The molecule has 10 heteroatoms. The monoisotopic (exact) mass is 379 g/mol. The van der Waals surface area contributed by atoms with E-state index in [0.29, 0.717) is 5.17 Å². The number of ether oxygens (including phenoxy) is 2. The van der Waals surface area contributed by atoms with E-state index in [2.05, 4.69) is 25.1 Å². The molecule has 138 valence electrons. The molecule has 1 aliphatic rings. The van der Waals surface area contributed by atoms with Gasteiger partial charge in [-0.15, -0.1) is 0 Å². The zero-order valence-electron chi connectivity index (χ0n) is 14.3. The van der Waals surface area contributed by atoms with E-state index in [-0.39, 0.29) is 29.1 Å². The number of anilines is 1. The SMILES string of the molecule is CN=C1NC(=O)C[C@H](C(=O)Nc2cc(C(=O)OC)cc(C(=O)OC)c2)S1. The van der Waals surface area contributed by atoms with E-state index in [9.17, 15) is 19.2 Å². The van der Waals surface area contributed by atoms with E-state index in [1.165, 1.54) is 39.5 Å². The Kier molecular flexibility index (Phi) is 6.34. The third kappa shape index (κ3) is 4.60. The summed E-state index contributed by atoms with van der Waals surface area (Å²) >= 11 is 1.12. The van der Waals surface area contributed by atoms with Gasteiger partial charge in [0.2, 0.25) is 11.8 Å². The number of nitrogens with one attached hydrogen (secondary N) is 2. The number of carbonyl (C=O) groups is 4. The standard InChI is InChI=1S/C16H17N3O6S/c1-17-16-19-12(20)7-11(26-16)13(21)18-10-5-8(14(22)24-2)4-9(6-10)15(23)25-3/h4-6,11H,7H2,1-3H3,(H,18,21)(H,17,19,20)/t11-/m1/s1. The summed E-state index contributed by atoms with van der Waals surface area (Å²) in [5, 5.41) is 4.81. The third-order valence-electron chi connectivity index (χ3n) is 3.41. The molecule has 2 rings (SSSR count). The molecular formula is C16H17N3O6S. The van der Waals surface area contributed by atoms with E-state index in [4.69, 9.17) is 0 Å². The Morgan fingerprint density at radius 2 is 1.73 bits per heavy atom. The number of amidine groups is 1. The second-order valence-corrected chi connectivity index (χ2v) is 6.35. The molecule has 9 nitrogen and oxygen atoms in total. The van der Waals surface area contributed by atoms with Crippen molar-refractivity contribution in [3.05, 3.63) is 29.3 Å². The molecule has 1 aliphatic heterocycles.